The van der Waals surface area contributed by atoms with Crippen LogP contribution in [0.15, 0.2) is 114 Å². The summed E-state index contributed by atoms with van der Waals surface area (Å²) in [4.78, 5) is 17.8. The van der Waals surface area contributed by atoms with Crippen molar-refractivity contribution in [3.8, 4) is 22.4 Å². The lowest BCUT2D eigenvalue weighted by Crippen LogP contribution is -2.19. The number of amides is 1. The number of nitrogens with zero attached hydrogens (tertiary/aromatic N) is 2. The molecule has 0 unspecified atom stereocenters. The van der Waals surface area contributed by atoms with Crippen LogP contribution in [0.3, 0.4) is 0 Å². The number of carbonyl (C=O) groups excluding carboxylic acids is 1. The summed E-state index contributed by atoms with van der Waals surface area (Å²) >= 11 is 0. The first-order valence-corrected chi connectivity index (χ1v) is 11.5. The highest BCUT2D eigenvalue weighted by Gasteiger charge is 2.32. The number of nitrogens with one attached hydrogen (secondary N) is 1. The Morgan fingerprint density at radius 2 is 1.38 bits per heavy atom. The van der Waals surface area contributed by atoms with Gasteiger partial charge in [0, 0.05) is 16.5 Å². The maximum Gasteiger partial charge on any atom is 0.417 e. The first-order valence-electron chi connectivity index (χ1n) is 11.5. The predicted octanol–water partition coefficient (Wildman–Crippen LogP) is 7.35. The van der Waals surface area contributed by atoms with Gasteiger partial charge in [0.15, 0.2) is 0 Å². The highest BCUT2D eigenvalue weighted by atomic mass is 19.4. The lowest BCUT2D eigenvalue weighted by Gasteiger charge is -2.10. The van der Waals surface area contributed by atoms with Gasteiger partial charge < -0.3 is 0 Å². The second-order valence-electron chi connectivity index (χ2n) is 8.30. The Kier molecular flexibility index (Phi) is 6.51. The van der Waals surface area contributed by atoms with Crippen LogP contribution in [0.2, 0.25) is 0 Å². The number of alkyl halides is 3. The van der Waals surface area contributed by atoms with Crippen molar-refractivity contribution >= 4 is 23.0 Å². The second-order valence-corrected chi connectivity index (χ2v) is 8.30. The van der Waals surface area contributed by atoms with Crippen LogP contribution in [0.4, 0.5) is 13.2 Å². The Labute approximate surface area is 211 Å². The van der Waals surface area contributed by atoms with E-state index in [-0.39, 0.29) is 5.56 Å². The zero-order valence-electron chi connectivity index (χ0n) is 19.4. The Bertz CT molecular complexity index is 1590. The number of halogens is 3. The first-order chi connectivity index (χ1) is 17.9. The Morgan fingerprint density at radius 1 is 0.757 bits per heavy atom. The van der Waals surface area contributed by atoms with E-state index in [1.165, 1.54) is 18.2 Å². The molecule has 1 aromatic heterocycles. The Morgan fingerprint density at radius 3 is 2.14 bits per heavy atom. The van der Waals surface area contributed by atoms with Gasteiger partial charge in [0.05, 0.1) is 28.6 Å². The number of hydrogen-bond acceptors (Lipinski definition) is 3. The normalized spacial score (nSPS) is 11.6. The topological polar surface area (TPSA) is 54.4 Å². The van der Waals surface area contributed by atoms with E-state index < -0.39 is 17.6 Å². The summed E-state index contributed by atoms with van der Waals surface area (Å²) in [6.07, 6.45) is -3.54. The maximum atomic E-state index is 13.2. The van der Waals surface area contributed by atoms with Crippen molar-refractivity contribution in [1.29, 1.82) is 0 Å². The highest BCUT2D eigenvalue weighted by Crippen LogP contribution is 2.31. The molecule has 7 heteroatoms. The molecule has 37 heavy (non-hydrogen) atoms. The van der Waals surface area contributed by atoms with E-state index in [0.29, 0.717) is 22.2 Å². The Hall–Kier alpha value is -4.78. The molecular weight excluding hydrogens is 475 g/mol. The van der Waals surface area contributed by atoms with Gasteiger partial charge in [-0.1, -0.05) is 91.0 Å². The van der Waals surface area contributed by atoms with Crippen LogP contribution in [0.5, 0.6) is 0 Å². The molecular formula is C30H20F3N3O. The summed E-state index contributed by atoms with van der Waals surface area (Å²) in [5, 5.41) is 4.41. The molecule has 1 amide bonds. The summed E-state index contributed by atoms with van der Waals surface area (Å²) in [5.74, 6) is -0.554. The van der Waals surface area contributed by atoms with Gasteiger partial charge in [0.25, 0.3) is 5.91 Å². The fraction of sp³-hybridized carbons (Fsp3) is 0.0333. The number of rotatable bonds is 5. The van der Waals surface area contributed by atoms with Crippen LogP contribution in [0.25, 0.3) is 33.3 Å². The molecule has 0 atom stereocenters. The average Bonchev–Trinajstić information content (AvgIpc) is 2.92. The number of pyridine rings is 1. The molecule has 0 spiro atoms. The van der Waals surface area contributed by atoms with E-state index in [1.807, 2.05) is 60.7 Å². The van der Waals surface area contributed by atoms with Gasteiger partial charge in [-0.05, 0) is 29.3 Å². The fourth-order valence-corrected chi connectivity index (χ4v) is 4.06. The third kappa shape index (κ3) is 5.26. The van der Waals surface area contributed by atoms with Gasteiger partial charge >= 0.3 is 6.18 Å². The average molecular weight is 496 g/mol. The number of carbonyl (C=O) groups is 1. The molecule has 0 bridgehead atoms. The van der Waals surface area contributed by atoms with E-state index in [2.05, 4.69) is 10.5 Å². The summed E-state index contributed by atoms with van der Waals surface area (Å²) in [5.41, 5.74) is 5.87. The van der Waals surface area contributed by atoms with Gasteiger partial charge in [-0.2, -0.15) is 18.3 Å². The monoisotopic (exact) mass is 495 g/mol. The van der Waals surface area contributed by atoms with Crippen LogP contribution in [-0.2, 0) is 6.18 Å². The SMILES string of the molecule is O=C(N/N=C/c1ccccc1C(F)(F)F)c1cc(-c2ccc(-c3ccccc3)cc2)nc2ccccc12. The lowest BCUT2D eigenvalue weighted by atomic mass is 10.0. The molecule has 0 saturated carbocycles. The predicted molar refractivity (Wildman–Crippen MR) is 139 cm³/mol. The number of para-hydroxylation sites is 1. The quantitative estimate of drug-likeness (QED) is 0.205. The van der Waals surface area contributed by atoms with E-state index in [1.54, 1.807) is 24.3 Å². The van der Waals surface area contributed by atoms with Gasteiger partial charge in [-0.15, -0.1) is 0 Å². The van der Waals surface area contributed by atoms with E-state index >= 15 is 0 Å². The third-order valence-electron chi connectivity index (χ3n) is 5.88. The van der Waals surface area contributed by atoms with E-state index in [9.17, 15) is 18.0 Å². The van der Waals surface area contributed by atoms with Crippen LogP contribution >= 0.6 is 0 Å². The van der Waals surface area contributed by atoms with Crippen molar-refractivity contribution in [2.75, 3.05) is 0 Å². The maximum absolute atomic E-state index is 13.2. The van der Waals surface area contributed by atoms with Gasteiger partial charge in [-0.3, -0.25) is 4.79 Å². The summed E-state index contributed by atoms with van der Waals surface area (Å²) in [6, 6.07) is 31.7. The molecule has 1 heterocycles. The van der Waals surface area contributed by atoms with Crippen LogP contribution < -0.4 is 5.43 Å². The molecule has 4 nitrogen and oxygen atoms in total. The second kappa shape index (κ2) is 10.1. The van der Waals surface area contributed by atoms with Crippen molar-refractivity contribution < 1.29 is 18.0 Å². The zero-order chi connectivity index (χ0) is 25.8. The molecule has 5 rings (SSSR count). The summed E-state index contributed by atoms with van der Waals surface area (Å²) in [6.45, 7) is 0. The molecule has 1 N–H and O–H groups in total. The molecule has 4 aromatic carbocycles. The number of fused-ring (bicyclic) bond motifs is 1. The molecule has 0 aliphatic heterocycles. The van der Waals surface area contributed by atoms with Gasteiger partial charge in [0.2, 0.25) is 0 Å². The highest BCUT2D eigenvalue weighted by molar-refractivity contribution is 6.07. The summed E-state index contributed by atoms with van der Waals surface area (Å²) in [7, 11) is 0. The molecule has 182 valence electrons. The molecule has 0 saturated heterocycles. The largest absolute Gasteiger partial charge is 0.417 e. The third-order valence-corrected chi connectivity index (χ3v) is 5.88. The standard InChI is InChI=1S/C30H20F3N3O/c31-30(32,33)26-12-6-4-10-23(26)19-34-36-29(37)25-18-28(35-27-13-7-5-11-24(25)27)22-16-14-21(15-17-22)20-8-2-1-3-9-20/h1-19H,(H,36,37)/b34-19+. The number of benzene rings is 4. The van der Waals surface area contributed by atoms with Crippen LogP contribution in [0.1, 0.15) is 21.5 Å². The Balaban J connectivity index is 1.45. The van der Waals surface area contributed by atoms with Crippen molar-refractivity contribution in [1.82, 2.24) is 10.4 Å². The van der Waals surface area contributed by atoms with Crippen molar-refractivity contribution in [3.05, 3.63) is 126 Å². The summed E-state index contributed by atoms with van der Waals surface area (Å²) < 4.78 is 39.7. The minimum absolute atomic E-state index is 0.144. The van der Waals surface area contributed by atoms with Crippen molar-refractivity contribution in [2.24, 2.45) is 5.10 Å². The molecule has 0 aliphatic rings. The van der Waals surface area contributed by atoms with E-state index in [4.69, 9.17) is 4.98 Å². The zero-order valence-corrected chi connectivity index (χ0v) is 19.4. The minimum atomic E-state index is -4.53. The van der Waals surface area contributed by atoms with Crippen LogP contribution in [0, 0.1) is 0 Å². The van der Waals surface area contributed by atoms with E-state index in [0.717, 1.165) is 29.0 Å². The molecule has 0 aliphatic carbocycles. The van der Waals surface area contributed by atoms with Crippen molar-refractivity contribution in [3.63, 3.8) is 0 Å². The molecule has 5 aromatic rings. The fourth-order valence-electron chi connectivity index (χ4n) is 4.06. The van der Waals surface area contributed by atoms with Gasteiger partial charge in [-0.25, -0.2) is 10.4 Å². The van der Waals surface area contributed by atoms with Crippen molar-refractivity contribution in [2.45, 2.75) is 6.18 Å². The van der Waals surface area contributed by atoms with Gasteiger partial charge in [0.1, 0.15) is 0 Å². The lowest BCUT2D eigenvalue weighted by molar-refractivity contribution is -0.137. The molecule has 0 radical (unpaired) electrons. The number of hydrogen-bond donors (Lipinski definition) is 1. The molecule has 0 fully saturated rings. The first kappa shape index (κ1) is 23.9. The minimum Gasteiger partial charge on any atom is -0.267 e. The van der Waals surface area contributed by atoms with Crippen LogP contribution in [-0.4, -0.2) is 17.1 Å². The number of hydrazone groups is 1. The number of aromatic nitrogens is 1. The smallest absolute Gasteiger partial charge is 0.267 e.